The number of rotatable bonds is 0. The van der Waals surface area contributed by atoms with Crippen molar-refractivity contribution < 1.29 is 4.79 Å². The lowest BCUT2D eigenvalue weighted by Gasteiger charge is -2.08. The number of pyridine rings is 1. The van der Waals surface area contributed by atoms with Gasteiger partial charge in [-0.3, -0.25) is 4.79 Å². The molecule has 0 bridgehead atoms. The molecule has 1 N–H and O–H groups in total. The summed E-state index contributed by atoms with van der Waals surface area (Å²) in [6, 6.07) is 9.97. The molecule has 1 aromatic carbocycles. The van der Waals surface area contributed by atoms with E-state index in [9.17, 15) is 4.79 Å². The van der Waals surface area contributed by atoms with Gasteiger partial charge in [-0.25, -0.2) is 4.98 Å². The first-order chi connectivity index (χ1) is 8.83. The predicted octanol–water partition coefficient (Wildman–Crippen LogP) is 3.32. The van der Waals surface area contributed by atoms with E-state index in [4.69, 9.17) is 0 Å². The second-order valence-electron chi connectivity index (χ2n) is 4.52. The van der Waals surface area contributed by atoms with Crippen LogP contribution >= 0.6 is 0 Å². The molecule has 0 saturated carbocycles. The number of nitrogens with zero attached hydrogens (tertiary/aromatic N) is 1. The number of aromatic nitrogens is 2. The Labute approximate surface area is 103 Å². The van der Waals surface area contributed by atoms with Crippen LogP contribution in [0.25, 0.3) is 28.0 Å². The molecule has 4 rings (SSSR count). The Bertz CT molecular complexity index is 827. The molecule has 0 unspecified atom stereocenters. The third-order valence-electron chi connectivity index (χ3n) is 3.38. The molecule has 3 nitrogen and oxygen atoms in total. The Morgan fingerprint density at radius 2 is 2.06 bits per heavy atom. The van der Waals surface area contributed by atoms with Gasteiger partial charge in [-0.15, -0.1) is 0 Å². The maximum Gasteiger partial charge on any atom is 0.168 e. The number of hydrogen-bond donors (Lipinski definition) is 1. The van der Waals surface area contributed by atoms with E-state index in [0.29, 0.717) is 6.42 Å². The Hall–Kier alpha value is -2.42. The fourth-order valence-corrected chi connectivity index (χ4v) is 2.51. The summed E-state index contributed by atoms with van der Waals surface area (Å²) in [4.78, 5) is 19.8. The maximum atomic E-state index is 11.8. The molecular formula is C15H10N2O. The molecule has 0 atom stereocenters. The molecule has 18 heavy (non-hydrogen) atoms. The van der Waals surface area contributed by atoms with Gasteiger partial charge in [0.25, 0.3) is 0 Å². The van der Waals surface area contributed by atoms with Gasteiger partial charge < -0.3 is 4.98 Å². The standard InChI is InChI=1S/C15H10N2O/c18-14-7-3-6-12-10(14)8-13-15(17-12)9-4-1-2-5-11(9)16-13/h1-6,8,16H,7H2. The SMILES string of the molecule is O=C1CC=Cc2nc3c(cc21)[nH]c1ccccc13. The van der Waals surface area contributed by atoms with Gasteiger partial charge in [-0.2, -0.15) is 0 Å². The van der Waals surface area contributed by atoms with Gasteiger partial charge in [0.2, 0.25) is 0 Å². The van der Waals surface area contributed by atoms with Crippen LogP contribution < -0.4 is 0 Å². The summed E-state index contributed by atoms with van der Waals surface area (Å²) in [5, 5.41) is 1.10. The van der Waals surface area contributed by atoms with E-state index in [0.717, 1.165) is 33.2 Å². The molecule has 3 aromatic rings. The minimum atomic E-state index is 0.139. The van der Waals surface area contributed by atoms with Crippen LogP contribution in [0.2, 0.25) is 0 Å². The lowest BCUT2D eigenvalue weighted by Crippen LogP contribution is -2.05. The van der Waals surface area contributed by atoms with Crippen molar-refractivity contribution in [3.63, 3.8) is 0 Å². The van der Waals surface area contributed by atoms with Crippen molar-refractivity contribution in [3.8, 4) is 0 Å². The monoisotopic (exact) mass is 234 g/mol. The van der Waals surface area contributed by atoms with Crippen molar-refractivity contribution in [2.45, 2.75) is 6.42 Å². The highest BCUT2D eigenvalue weighted by Gasteiger charge is 2.17. The highest BCUT2D eigenvalue weighted by atomic mass is 16.1. The summed E-state index contributed by atoms with van der Waals surface area (Å²) >= 11 is 0. The van der Waals surface area contributed by atoms with E-state index in [1.165, 1.54) is 0 Å². The summed E-state index contributed by atoms with van der Waals surface area (Å²) in [5.74, 6) is 0.139. The van der Waals surface area contributed by atoms with Crippen molar-refractivity contribution in [2.75, 3.05) is 0 Å². The van der Waals surface area contributed by atoms with Crippen LogP contribution in [-0.4, -0.2) is 15.8 Å². The van der Waals surface area contributed by atoms with Crippen molar-refractivity contribution in [1.82, 2.24) is 9.97 Å². The van der Waals surface area contributed by atoms with Crippen LogP contribution in [0.4, 0.5) is 0 Å². The van der Waals surface area contributed by atoms with Crippen LogP contribution in [-0.2, 0) is 0 Å². The van der Waals surface area contributed by atoms with Gasteiger partial charge >= 0.3 is 0 Å². The smallest absolute Gasteiger partial charge is 0.168 e. The molecule has 0 fully saturated rings. The summed E-state index contributed by atoms with van der Waals surface area (Å²) in [7, 11) is 0. The van der Waals surface area contributed by atoms with Gasteiger partial charge in [0.15, 0.2) is 5.78 Å². The number of carbonyl (C=O) groups excluding carboxylic acids is 1. The molecule has 0 amide bonds. The lowest BCUT2D eigenvalue weighted by atomic mass is 10.0. The molecule has 2 heterocycles. The van der Waals surface area contributed by atoms with Gasteiger partial charge in [0.1, 0.15) is 0 Å². The van der Waals surface area contributed by atoms with Crippen LogP contribution in [0.5, 0.6) is 0 Å². The summed E-state index contributed by atoms with van der Waals surface area (Å²) in [5.41, 5.74) is 4.42. The largest absolute Gasteiger partial charge is 0.353 e. The summed E-state index contributed by atoms with van der Waals surface area (Å²) in [6.07, 6.45) is 4.27. The van der Waals surface area contributed by atoms with E-state index >= 15 is 0 Å². The predicted molar refractivity (Wildman–Crippen MR) is 71.6 cm³/mol. The molecule has 0 spiro atoms. The quantitative estimate of drug-likeness (QED) is 0.648. The Morgan fingerprint density at radius 3 is 3.00 bits per heavy atom. The van der Waals surface area contributed by atoms with Crippen molar-refractivity contribution in [1.29, 1.82) is 0 Å². The number of Topliss-reactive ketones (excluding diaryl/α,β-unsaturated/α-hetero) is 1. The number of hydrogen-bond acceptors (Lipinski definition) is 2. The van der Waals surface area contributed by atoms with Gasteiger partial charge in [-0.05, 0) is 18.2 Å². The van der Waals surface area contributed by atoms with Crippen LogP contribution in [0.15, 0.2) is 36.4 Å². The van der Waals surface area contributed by atoms with Crippen LogP contribution in [0.1, 0.15) is 22.5 Å². The van der Waals surface area contributed by atoms with E-state index in [1.54, 1.807) is 0 Å². The number of nitrogens with one attached hydrogen (secondary N) is 1. The second kappa shape index (κ2) is 3.29. The highest BCUT2D eigenvalue weighted by Crippen LogP contribution is 2.27. The zero-order valence-electron chi connectivity index (χ0n) is 9.60. The Balaban J connectivity index is 2.17. The number of allylic oxidation sites excluding steroid dienone is 1. The number of carbonyl (C=O) groups is 1. The first-order valence-corrected chi connectivity index (χ1v) is 5.94. The third-order valence-corrected chi connectivity index (χ3v) is 3.38. The minimum Gasteiger partial charge on any atom is -0.353 e. The zero-order chi connectivity index (χ0) is 12.1. The molecule has 3 heteroatoms. The number of benzene rings is 1. The summed E-state index contributed by atoms with van der Waals surface area (Å²) in [6.45, 7) is 0. The van der Waals surface area contributed by atoms with Crippen molar-refractivity contribution >= 4 is 33.8 Å². The number of para-hydroxylation sites is 1. The second-order valence-corrected chi connectivity index (χ2v) is 4.52. The van der Waals surface area contributed by atoms with E-state index < -0.39 is 0 Å². The van der Waals surface area contributed by atoms with Crippen molar-refractivity contribution in [3.05, 3.63) is 47.7 Å². The molecular weight excluding hydrogens is 224 g/mol. The molecule has 86 valence electrons. The zero-order valence-corrected chi connectivity index (χ0v) is 9.60. The Morgan fingerprint density at radius 1 is 1.17 bits per heavy atom. The van der Waals surface area contributed by atoms with E-state index in [2.05, 4.69) is 9.97 Å². The summed E-state index contributed by atoms with van der Waals surface area (Å²) < 4.78 is 0. The minimum absolute atomic E-state index is 0.139. The van der Waals surface area contributed by atoms with Gasteiger partial charge in [-0.1, -0.05) is 24.3 Å². The van der Waals surface area contributed by atoms with Crippen LogP contribution in [0, 0.1) is 0 Å². The fraction of sp³-hybridized carbons (Fsp3) is 0.0667. The average Bonchev–Trinajstić information content (AvgIpc) is 2.75. The van der Waals surface area contributed by atoms with Gasteiger partial charge in [0, 0.05) is 22.9 Å². The fourth-order valence-electron chi connectivity index (χ4n) is 2.51. The van der Waals surface area contributed by atoms with Gasteiger partial charge in [0.05, 0.1) is 16.7 Å². The molecule has 1 aliphatic carbocycles. The number of H-pyrrole nitrogens is 1. The first kappa shape index (κ1) is 9.59. The number of aromatic amines is 1. The molecule has 0 saturated heterocycles. The lowest BCUT2D eigenvalue weighted by molar-refractivity contribution is 0.0994. The highest BCUT2D eigenvalue weighted by molar-refractivity contribution is 6.09. The third kappa shape index (κ3) is 1.19. The first-order valence-electron chi connectivity index (χ1n) is 5.94. The number of ketones is 1. The van der Waals surface area contributed by atoms with Crippen LogP contribution in [0.3, 0.4) is 0 Å². The molecule has 1 aliphatic rings. The maximum absolute atomic E-state index is 11.8. The molecule has 0 aliphatic heterocycles. The number of fused-ring (bicyclic) bond motifs is 4. The van der Waals surface area contributed by atoms with E-state index in [1.807, 2.05) is 42.5 Å². The molecule has 2 aromatic heterocycles. The Kier molecular flexibility index (Phi) is 1.75. The van der Waals surface area contributed by atoms with Crippen molar-refractivity contribution in [2.24, 2.45) is 0 Å². The average molecular weight is 234 g/mol. The normalized spacial score (nSPS) is 14.3. The molecule has 0 radical (unpaired) electrons. The van der Waals surface area contributed by atoms with E-state index in [-0.39, 0.29) is 5.78 Å². The topological polar surface area (TPSA) is 45.8 Å².